The number of carbonyl (C=O) groups is 3. The van der Waals surface area contributed by atoms with Crippen LogP contribution in [0.3, 0.4) is 0 Å². The molecule has 2 aliphatic heterocycles. The highest BCUT2D eigenvalue weighted by Gasteiger charge is 2.36. The number of nitrogens with zero attached hydrogens (tertiary/aromatic N) is 3. The first-order chi connectivity index (χ1) is 15.4. The Hall–Kier alpha value is -2.54. The van der Waals surface area contributed by atoms with Crippen LogP contribution >= 0.6 is 11.8 Å². The molecule has 1 aromatic heterocycles. The SMILES string of the molecule is CCc1cccc2c(/C=C3\SC(=O)N(C(C)C)C3=O)cn(CC(=O)N3CCCCCC3)c12. The van der Waals surface area contributed by atoms with Gasteiger partial charge in [0.25, 0.3) is 11.1 Å². The zero-order valence-electron chi connectivity index (χ0n) is 19.1. The van der Waals surface area contributed by atoms with E-state index in [4.69, 9.17) is 0 Å². The van der Waals surface area contributed by atoms with E-state index >= 15 is 0 Å². The Labute approximate surface area is 193 Å². The van der Waals surface area contributed by atoms with E-state index in [2.05, 4.69) is 13.0 Å². The standard InChI is InChI=1S/C25H31N3O3S/c1-4-18-10-9-11-20-19(14-21-24(30)28(17(2)3)25(31)32-21)15-27(23(18)20)16-22(29)26-12-7-5-6-8-13-26/h9-11,14-15,17H,4-8,12-13,16H2,1-3H3/b21-14-. The van der Waals surface area contributed by atoms with Gasteiger partial charge in [0, 0.05) is 36.3 Å². The lowest BCUT2D eigenvalue weighted by atomic mass is 10.1. The van der Waals surface area contributed by atoms with E-state index in [0.717, 1.165) is 60.6 Å². The second kappa shape index (κ2) is 9.53. The Bertz CT molecular complexity index is 1080. The summed E-state index contributed by atoms with van der Waals surface area (Å²) in [6.07, 6.45) is 9.12. The number of hydrogen-bond acceptors (Lipinski definition) is 4. The highest BCUT2D eigenvalue weighted by molar-refractivity contribution is 8.18. The van der Waals surface area contributed by atoms with Crippen molar-refractivity contribution in [3.8, 4) is 0 Å². The van der Waals surface area contributed by atoms with Crippen molar-refractivity contribution >= 4 is 45.8 Å². The molecule has 2 fully saturated rings. The molecule has 0 N–H and O–H groups in total. The van der Waals surface area contributed by atoms with E-state index < -0.39 is 0 Å². The number of aryl methyl sites for hydroxylation is 1. The van der Waals surface area contributed by atoms with Gasteiger partial charge in [-0.1, -0.05) is 38.0 Å². The first kappa shape index (κ1) is 22.6. The van der Waals surface area contributed by atoms with Crippen molar-refractivity contribution in [3.63, 3.8) is 0 Å². The van der Waals surface area contributed by atoms with Crippen molar-refractivity contribution in [1.29, 1.82) is 0 Å². The first-order valence-corrected chi connectivity index (χ1v) is 12.4. The molecule has 170 valence electrons. The lowest BCUT2D eigenvalue weighted by Gasteiger charge is -2.21. The summed E-state index contributed by atoms with van der Waals surface area (Å²) in [6, 6.07) is 5.96. The van der Waals surface area contributed by atoms with Gasteiger partial charge in [-0.05, 0) is 56.5 Å². The molecule has 0 spiro atoms. The molecule has 6 nitrogen and oxygen atoms in total. The molecule has 0 saturated carbocycles. The molecular formula is C25H31N3O3S. The van der Waals surface area contributed by atoms with Gasteiger partial charge in [0.15, 0.2) is 0 Å². The van der Waals surface area contributed by atoms with Crippen LogP contribution in [0, 0.1) is 0 Å². The summed E-state index contributed by atoms with van der Waals surface area (Å²) in [5.41, 5.74) is 3.07. The van der Waals surface area contributed by atoms with E-state index in [1.54, 1.807) is 0 Å². The molecule has 3 heterocycles. The van der Waals surface area contributed by atoms with Crippen molar-refractivity contribution in [2.24, 2.45) is 0 Å². The summed E-state index contributed by atoms with van der Waals surface area (Å²) in [4.78, 5) is 41.9. The molecule has 0 unspecified atom stereocenters. The maximum atomic E-state index is 13.1. The maximum Gasteiger partial charge on any atom is 0.293 e. The minimum absolute atomic E-state index is 0.140. The Kier molecular flexibility index (Phi) is 6.74. The molecule has 0 radical (unpaired) electrons. The molecule has 7 heteroatoms. The van der Waals surface area contributed by atoms with E-state index in [1.807, 2.05) is 47.7 Å². The summed E-state index contributed by atoms with van der Waals surface area (Å²) in [5, 5.41) is 0.773. The smallest absolute Gasteiger partial charge is 0.293 e. The number of imide groups is 1. The lowest BCUT2D eigenvalue weighted by molar-refractivity contribution is -0.131. The number of para-hydroxylation sites is 1. The van der Waals surface area contributed by atoms with Crippen LogP contribution in [0.4, 0.5) is 4.79 Å². The van der Waals surface area contributed by atoms with Gasteiger partial charge < -0.3 is 9.47 Å². The summed E-state index contributed by atoms with van der Waals surface area (Å²) in [5.74, 6) is -0.107. The van der Waals surface area contributed by atoms with Crippen LogP contribution in [0.2, 0.25) is 0 Å². The van der Waals surface area contributed by atoms with Gasteiger partial charge in [-0.3, -0.25) is 19.3 Å². The minimum atomic E-state index is -0.247. The quantitative estimate of drug-likeness (QED) is 0.594. The molecule has 0 bridgehead atoms. The summed E-state index contributed by atoms with van der Waals surface area (Å²) >= 11 is 0.986. The van der Waals surface area contributed by atoms with Gasteiger partial charge in [0.2, 0.25) is 5.91 Å². The molecule has 0 atom stereocenters. The largest absolute Gasteiger partial charge is 0.341 e. The van der Waals surface area contributed by atoms with E-state index in [0.29, 0.717) is 4.91 Å². The van der Waals surface area contributed by atoms with Gasteiger partial charge in [-0.25, -0.2) is 0 Å². The van der Waals surface area contributed by atoms with E-state index in [1.165, 1.54) is 23.3 Å². The number of fused-ring (bicyclic) bond motifs is 1. The summed E-state index contributed by atoms with van der Waals surface area (Å²) in [6.45, 7) is 7.73. The van der Waals surface area contributed by atoms with Crippen LogP contribution in [0.25, 0.3) is 17.0 Å². The third-order valence-corrected chi connectivity index (χ3v) is 7.17. The lowest BCUT2D eigenvalue weighted by Crippen LogP contribution is -2.34. The highest BCUT2D eigenvalue weighted by atomic mass is 32.2. The number of aromatic nitrogens is 1. The van der Waals surface area contributed by atoms with Gasteiger partial charge in [0.1, 0.15) is 6.54 Å². The third-order valence-electron chi connectivity index (χ3n) is 6.28. The number of amides is 3. The molecule has 4 rings (SSSR count). The van der Waals surface area contributed by atoms with E-state index in [-0.39, 0.29) is 29.6 Å². The second-order valence-corrected chi connectivity index (χ2v) is 9.81. The molecule has 1 aromatic carbocycles. The van der Waals surface area contributed by atoms with Crippen LogP contribution in [0.15, 0.2) is 29.3 Å². The Morgan fingerprint density at radius 3 is 2.47 bits per heavy atom. The fourth-order valence-electron chi connectivity index (χ4n) is 4.62. The van der Waals surface area contributed by atoms with Crippen LogP contribution in [-0.2, 0) is 22.6 Å². The average molecular weight is 454 g/mol. The molecule has 0 aliphatic carbocycles. The van der Waals surface area contributed by atoms with Crippen LogP contribution < -0.4 is 0 Å². The average Bonchev–Trinajstić information content (AvgIpc) is 3.09. The van der Waals surface area contributed by atoms with Crippen molar-refractivity contribution in [1.82, 2.24) is 14.4 Å². The molecule has 3 amide bonds. The monoisotopic (exact) mass is 453 g/mol. The number of benzene rings is 1. The van der Waals surface area contributed by atoms with Gasteiger partial charge in [-0.2, -0.15) is 0 Å². The zero-order valence-corrected chi connectivity index (χ0v) is 19.9. The number of likely N-dealkylation sites (tertiary alicyclic amines) is 1. The number of carbonyl (C=O) groups excluding carboxylic acids is 3. The predicted molar refractivity (Wildman–Crippen MR) is 129 cm³/mol. The van der Waals surface area contributed by atoms with Crippen LogP contribution in [-0.4, -0.2) is 50.6 Å². The van der Waals surface area contributed by atoms with Crippen molar-refractivity contribution in [3.05, 3.63) is 40.4 Å². The number of hydrogen-bond donors (Lipinski definition) is 0. The van der Waals surface area contributed by atoms with Crippen molar-refractivity contribution < 1.29 is 14.4 Å². The predicted octanol–water partition coefficient (Wildman–Crippen LogP) is 5.05. The minimum Gasteiger partial charge on any atom is -0.341 e. The Morgan fingerprint density at radius 2 is 1.84 bits per heavy atom. The fourth-order valence-corrected chi connectivity index (χ4v) is 5.57. The van der Waals surface area contributed by atoms with Gasteiger partial charge in [0.05, 0.1) is 10.4 Å². The maximum absolute atomic E-state index is 13.1. The van der Waals surface area contributed by atoms with Crippen molar-refractivity contribution in [2.45, 2.75) is 65.5 Å². The second-order valence-electron chi connectivity index (χ2n) is 8.82. The number of thioether (sulfide) groups is 1. The Morgan fingerprint density at radius 1 is 1.12 bits per heavy atom. The Balaban J connectivity index is 1.71. The molecule has 2 aromatic rings. The molecule has 2 saturated heterocycles. The van der Waals surface area contributed by atoms with Gasteiger partial charge in [-0.15, -0.1) is 0 Å². The number of rotatable bonds is 5. The van der Waals surface area contributed by atoms with E-state index in [9.17, 15) is 14.4 Å². The summed E-state index contributed by atoms with van der Waals surface area (Å²) in [7, 11) is 0. The van der Waals surface area contributed by atoms with Crippen molar-refractivity contribution in [2.75, 3.05) is 13.1 Å². The first-order valence-electron chi connectivity index (χ1n) is 11.6. The highest BCUT2D eigenvalue weighted by Crippen LogP contribution is 2.35. The summed E-state index contributed by atoms with van der Waals surface area (Å²) < 4.78 is 2.03. The van der Waals surface area contributed by atoms with Gasteiger partial charge >= 0.3 is 0 Å². The normalized spacial score (nSPS) is 18.9. The molecule has 2 aliphatic rings. The zero-order chi connectivity index (χ0) is 22.8. The van der Waals surface area contributed by atoms with Crippen LogP contribution in [0.1, 0.15) is 57.6 Å². The van der Waals surface area contributed by atoms with Crippen LogP contribution in [0.5, 0.6) is 0 Å². The molecular weight excluding hydrogens is 422 g/mol. The molecule has 32 heavy (non-hydrogen) atoms. The third kappa shape index (κ3) is 4.35. The fraction of sp³-hybridized carbons (Fsp3) is 0.480. The topological polar surface area (TPSA) is 62.6 Å².